The van der Waals surface area contributed by atoms with Crippen molar-refractivity contribution < 1.29 is 18.1 Å². The first-order valence-electron chi connectivity index (χ1n) is 6.17. The smallest absolute Gasteiger partial charge is 0.381 e. The molecule has 1 aliphatic rings. The molecule has 2 atom stereocenters. The van der Waals surface area contributed by atoms with E-state index in [1.165, 1.54) is 6.07 Å². The highest BCUT2D eigenvalue weighted by Gasteiger charge is 2.38. The largest absolute Gasteiger partial charge is 0.423 e. The Morgan fingerprint density at radius 2 is 2.05 bits per heavy atom. The molecule has 3 N–H and O–H groups in total. The number of rotatable bonds is 3. The molecular formula is C12H14F3N3O2. The molecule has 1 fully saturated rings. The molecule has 110 valence electrons. The summed E-state index contributed by atoms with van der Waals surface area (Å²) in [6.07, 6.45) is -2.26. The Bertz CT molecular complexity index is 519. The molecule has 2 rings (SSSR count). The first-order chi connectivity index (χ1) is 9.29. The van der Waals surface area contributed by atoms with Crippen molar-refractivity contribution in [3.8, 4) is 0 Å². The lowest BCUT2D eigenvalue weighted by Crippen LogP contribution is -2.35. The third kappa shape index (κ3) is 3.01. The molecule has 0 aromatic heterocycles. The molecule has 8 heteroatoms. The molecule has 0 heterocycles. The van der Waals surface area contributed by atoms with Gasteiger partial charge in [0, 0.05) is 23.8 Å². The van der Waals surface area contributed by atoms with Crippen LogP contribution in [0.15, 0.2) is 18.2 Å². The SMILES string of the molecule is NC1CCCC1Nc1ccc([N+](=O)[O-])c(C(F)(F)F)c1. The van der Waals surface area contributed by atoms with Gasteiger partial charge in [-0.15, -0.1) is 0 Å². The van der Waals surface area contributed by atoms with Gasteiger partial charge in [0.1, 0.15) is 5.56 Å². The minimum atomic E-state index is -4.77. The Kier molecular flexibility index (Phi) is 3.85. The van der Waals surface area contributed by atoms with Crippen LogP contribution in [0.3, 0.4) is 0 Å². The zero-order chi connectivity index (χ0) is 14.9. The van der Waals surface area contributed by atoms with Gasteiger partial charge in [-0.3, -0.25) is 10.1 Å². The normalized spacial score (nSPS) is 22.8. The fraction of sp³-hybridized carbons (Fsp3) is 0.500. The fourth-order valence-corrected chi connectivity index (χ4v) is 2.39. The standard InChI is InChI=1S/C12H14F3N3O2/c13-12(14,15)8-6-7(4-5-11(8)18(19)20)17-10-3-1-2-9(10)16/h4-6,9-10,17H,1-3,16H2. The van der Waals surface area contributed by atoms with Crippen LogP contribution in [0.2, 0.25) is 0 Å². The van der Waals surface area contributed by atoms with Crippen LogP contribution in [-0.2, 0) is 6.18 Å². The van der Waals surface area contributed by atoms with Crippen LogP contribution in [0.5, 0.6) is 0 Å². The zero-order valence-electron chi connectivity index (χ0n) is 10.5. The van der Waals surface area contributed by atoms with Gasteiger partial charge in [0.25, 0.3) is 5.69 Å². The van der Waals surface area contributed by atoms with E-state index >= 15 is 0 Å². The first kappa shape index (κ1) is 14.6. The van der Waals surface area contributed by atoms with Crippen molar-refractivity contribution in [1.29, 1.82) is 0 Å². The summed E-state index contributed by atoms with van der Waals surface area (Å²) in [4.78, 5) is 9.61. The van der Waals surface area contributed by atoms with Crippen molar-refractivity contribution in [2.75, 3.05) is 5.32 Å². The van der Waals surface area contributed by atoms with Crippen LogP contribution in [0.1, 0.15) is 24.8 Å². The Morgan fingerprint density at radius 1 is 1.35 bits per heavy atom. The zero-order valence-corrected chi connectivity index (χ0v) is 10.5. The van der Waals surface area contributed by atoms with Crippen LogP contribution >= 0.6 is 0 Å². The van der Waals surface area contributed by atoms with E-state index in [4.69, 9.17) is 5.73 Å². The number of hydrogen-bond acceptors (Lipinski definition) is 4. The highest BCUT2D eigenvalue weighted by molar-refractivity contribution is 5.55. The number of nitrogens with two attached hydrogens (primary N) is 1. The van der Waals surface area contributed by atoms with E-state index in [1.54, 1.807) is 0 Å². The summed E-state index contributed by atoms with van der Waals surface area (Å²) in [6.45, 7) is 0. The average molecular weight is 289 g/mol. The minimum Gasteiger partial charge on any atom is -0.381 e. The van der Waals surface area contributed by atoms with Crippen molar-refractivity contribution in [2.24, 2.45) is 5.73 Å². The lowest BCUT2D eigenvalue weighted by Gasteiger charge is -2.19. The third-order valence-electron chi connectivity index (χ3n) is 3.42. The second-order valence-corrected chi connectivity index (χ2v) is 4.83. The first-order valence-corrected chi connectivity index (χ1v) is 6.17. The molecule has 1 aromatic rings. The van der Waals surface area contributed by atoms with Crippen LogP contribution in [-0.4, -0.2) is 17.0 Å². The number of alkyl halides is 3. The highest BCUT2D eigenvalue weighted by Crippen LogP contribution is 2.38. The monoisotopic (exact) mass is 289 g/mol. The molecule has 0 aliphatic heterocycles. The number of nitrogens with one attached hydrogen (secondary N) is 1. The van der Waals surface area contributed by atoms with E-state index < -0.39 is 22.4 Å². The van der Waals surface area contributed by atoms with Crippen molar-refractivity contribution in [3.63, 3.8) is 0 Å². The minimum absolute atomic E-state index is 0.0995. The number of nitro groups is 1. The number of nitrogens with zero attached hydrogens (tertiary/aromatic N) is 1. The molecule has 1 aliphatic carbocycles. The van der Waals surface area contributed by atoms with Gasteiger partial charge in [-0.05, 0) is 31.4 Å². The average Bonchev–Trinajstić information content (AvgIpc) is 2.73. The van der Waals surface area contributed by atoms with Gasteiger partial charge in [0.2, 0.25) is 0 Å². The molecule has 2 unspecified atom stereocenters. The summed E-state index contributed by atoms with van der Waals surface area (Å²) >= 11 is 0. The maximum absolute atomic E-state index is 12.8. The summed E-state index contributed by atoms with van der Waals surface area (Å²) in [5.74, 6) is 0. The van der Waals surface area contributed by atoms with Gasteiger partial charge in [-0.2, -0.15) is 13.2 Å². The topological polar surface area (TPSA) is 81.2 Å². The molecule has 0 amide bonds. The molecule has 0 saturated heterocycles. The number of anilines is 1. The maximum Gasteiger partial charge on any atom is 0.423 e. The molecule has 20 heavy (non-hydrogen) atoms. The lowest BCUT2D eigenvalue weighted by molar-refractivity contribution is -0.388. The molecule has 1 saturated carbocycles. The summed E-state index contributed by atoms with van der Waals surface area (Å²) in [5.41, 5.74) is 3.84. The summed E-state index contributed by atoms with van der Waals surface area (Å²) in [6, 6.07) is 2.70. The summed E-state index contributed by atoms with van der Waals surface area (Å²) in [5, 5.41) is 13.6. The molecule has 5 nitrogen and oxygen atoms in total. The molecular weight excluding hydrogens is 275 g/mol. The predicted octanol–water partition coefficient (Wildman–Crippen LogP) is 2.91. The molecule has 0 radical (unpaired) electrons. The van der Waals surface area contributed by atoms with Gasteiger partial charge >= 0.3 is 6.18 Å². The van der Waals surface area contributed by atoms with E-state index in [1.807, 2.05) is 0 Å². The molecule has 0 bridgehead atoms. The summed E-state index contributed by atoms with van der Waals surface area (Å²) in [7, 11) is 0. The van der Waals surface area contributed by atoms with Crippen molar-refractivity contribution in [3.05, 3.63) is 33.9 Å². The van der Waals surface area contributed by atoms with E-state index in [9.17, 15) is 23.3 Å². The Labute approximate surface area is 113 Å². The van der Waals surface area contributed by atoms with Crippen molar-refractivity contribution in [2.45, 2.75) is 37.5 Å². The summed E-state index contributed by atoms with van der Waals surface area (Å²) < 4.78 is 38.5. The third-order valence-corrected chi connectivity index (χ3v) is 3.42. The van der Waals surface area contributed by atoms with Gasteiger partial charge in [-0.25, -0.2) is 0 Å². The van der Waals surface area contributed by atoms with Crippen molar-refractivity contribution in [1.82, 2.24) is 0 Å². The second-order valence-electron chi connectivity index (χ2n) is 4.83. The van der Waals surface area contributed by atoms with Crippen LogP contribution in [0, 0.1) is 10.1 Å². The number of benzene rings is 1. The van der Waals surface area contributed by atoms with E-state index in [0.717, 1.165) is 31.4 Å². The second kappa shape index (κ2) is 5.28. The molecule has 0 spiro atoms. The Hall–Kier alpha value is -1.83. The van der Waals surface area contributed by atoms with E-state index in [2.05, 4.69) is 5.32 Å². The van der Waals surface area contributed by atoms with E-state index in [0.29, 0.717) is 0 Å². The lowest BCUT2D eigenvalue weighted by atomic mass is 10.1. The van der Waals surface area contributed by atoms with Gasteiger partial charge in [-0.1, -0.05) is 0 Å². The number of hydrogen-bond donors (Lipinski definition) is 2. The fourth-order valence-electron chi connectivity index (χ4n) is 2.39. The Balaban J connectivity index is 2.30. The predicted molar refractivity (Wildman–Crippen MR) is 67.3 cm³/mol. The Morgan fingerprint density at radius 3 is 2.55 bits per heavy atom. The van der Waals surface area contributed by atoms with Gasteiger partial charge < -0.3 is 11.1 Å². The van der Waals surface area contributed by atoms with Crippen LogP contribution < -0.4 is 11.1 Å². The van der Waals surface area contributed by atoms with Gasteiger partial charge in [0.05, 0.1) is 4.92 Å². The highest BCUT2D eigenvalue weighted by atomic mass is 19.4. The van der Waals surface area contributed by atoms with Crippen LogP contribution in [0.25, 0.3) is 0 Å². The van der Waals surface area contributed by atoms with Crippen molar-refractivity contribution >= 4 is 11.4 Å². The number of halogens is 3. The van der Waals surface area contributed by atoms with Gasteiger partial charge in [0.15, 0.2) is 0 Å². The van der Waals surface area contributed by atoms with E-state index in [-0.39, 0.29) is 17.8 Å². The molecule has 1 aromatic carbocycles. The maximum atomic E-state index is 12.8. The van der Waals surface area contributed by atoms with Crippen LogP contribution in [0.4, 0.5) is 24.5 Å². The quantitative estimate of drug-likeness (QED) is 0.662. The number of nitro benzene ring substituents is 1.